The number of ether oxygens (including phenoxy) is 2. The van der Waals surface area contributed by atoms with E-state index < -0.39 is 0 Å². The van der Waals surface area contributed by atoms with E-state index >= 15 is 0 Å². The molecule has 0 atom stereocenters. The van der Waals surface area contributed by atoms with E-state index in [1.807, 2.05) is 6.92 Å². The second-order valence-corrected chi connectivity index (χ2v) is 6.18. The van der Waals surface area contributed by atoms with Crippen molar-refractivity contribution in [3.8, 4) is 5.75 Å². The van der Waals surface area contributed by atoms with Gasteiger partial charge in [0, 0.05) is 6.08 Å². The van der Waals surface area contributed by atoms with Gasteiger partial charge in [0.25, 0.3) is 0 Å². The molecule has 126 valence electrons. The highest BCUT2D eigenvalue weighted by molar-refractivity contribution is 5.81. The summed E-state index contributed by atoms with van der Waals surface area (Å²) in [5.41, 5.74) is 1.37. The van der Waals surface area contributed by atoms with Crippen LogP contribution >= 0.6 is 0 Å². The molecule has 0 unspecified atom stereocenters. The first-order valence-electron chi connectivity index (χ1n) is 8.79. The van der Waals surface area contributed by atoms with E-state index in [0.717, 1.165) is 50.9 Å². The average molecular weight is 316 g/mol. The summed E-state index contributed by atoms with van der Waals surface area (Å²) in [5.74, 6) is 1.30. The van der Waals surface area contributed by atoms with Gasteiger partial charge in [0.2, 0.25) is 0 Å². The van der Waals surface area contributed by atoms with Gasteiger partial charge >= 0.3 is 5.97 Å². The highest BCUT2D eigenvalue weighted by Crippen LogP contribution is 2.34. The van der Waals surface area contributed by atoms with Crippen LogP contribution < -0.4 is 4.74 Å². The lowest BCUT2D eigenvalue weighted by Crippen LogP contribution is -2.23. The van der Waals surface area contributed by atoms with Crippen molar-refractivity contribution in [2.24, 2.45) is 0 Å². The van der Waals surface area contributed by atoms with Crippen molar-refractivity contribution in [3.05, 3.63) is 42.0 Å². The van der Waals surface area contributed by atoms with Crippen molar-refractivity contribution in [2.45, 2.75) is 64.4 Å². The van der Waals surface area contributed by atoms with E-state index in [2.05, 4.69) is 31.2 Å². The quantitative estimate of drug-likeness (QED) is 0.403. The lowest BCUT2D eigenvalue weighted by Gasteiger charge is -2.28. The van der Waals surface area contributed by atoms with E-state index in [0.29, 0.717) is 5.92 Å². The molecule has 1 aromatic rings. The summed E-state index contributed by atoms with van der Waals surface area (Å²) in [6.45, 7) is 4.78. The lowest BCUT2D eigenvalue weighted by molar-refractivity contribution is -0.144. The molecule has 0 bridgehead atoms. The zero-order chi connectivity index (χ0) is 16.5. The van der Waals surface area contributed by atoms with Crippen molar-refractivity contribution in [2.75, 3.05) is 6.61 Å². The van der Waals surface area contributed by atoms with Gasteiger partial charge in [0.05, 0.1) is 6.61 Å². The van der Waals surface area contributed by atoms with Crippen LogP contribution in [0.25, 0.3) is 0 Å². The van der Waals surface area contributed by atoms with Crippen LogP contribution in [-0.2, 0) is 9.53 Å². The molecule has 0 heterocycles. The lowest BCUT2D eigenvalue weighted by atomic mass is 9.83. The van der Waals surface area contributed by atoms with Gasteiger partial charge in [-0.2, -0.15) is 0 Å². The van der Waals surface area contributed by atoms with Crippen LogP contribution in [-0.4, -0.2) is 18.7 Å². The largest absolute Gasteiger partial charge is 0.494 e. The fourth-order valence-corrected chi connectivity index (χ4v) is 3.02. The van der Waals surface area contributed by atoms with Crippen LogP contribution in [0.1, 0.15) is 63.9 Å². The molecule has 0 amide bonds. The second kappa shape index (κ2) is 9.39. The molecule has 23 heavy (non-hydrogen) atoms. The molecule has 0 aliphatic heterocycles. The fraction of sp³-hybridized carbons (Fsp3) is 0.550. The molecular formula is C20H28O3. The summed E-state index contributed by atoms with van der Waals surface area (Å²) in [6, 6.07) is 8.50. The number of allylic oxidation sites excluding steroid dienone is 1. The van der Waals surface area contributed by atoms with E-state index in [9.17, 15) is 4.79 Å². The van der Waals surface area contributed by atoms with Crippen LogP contribution in [0.4, 0.5) is 0 Å². The van der Waals surface area contributed by atoms with Crippen LogP contribution in [0.5, 0.6) is 5.75 Å². The molecule has 0 radical (unpaired) electrons. The van der Waals surface area contributed by atoms with Crippen molar-refractivity contribution in [1.82, 2.24) is 0 Å². The molecule has 1 aromatic carbocycles. The predicted octanol–water partition coefficient (Wildman–Crippen LogP) is 5.01. The standard InChI is InChI=1S/C20H28O3/c1-3-5-15-22-18-11-7-16(8-12-18)17-9-13-19(14-10-17)23-20(21)6-4-2/h4,6-8,11-12,17,19H,3,5,9-10,13-15H2,1-2H3/b6-4+. The maximum absolute atomic E-state index is 11.5. The highest BCUT2D eigenvalue weighted by atomic mass is 16.5. The Morgan fingerprint density at radius 1 is 1.17 bits per heavy atom. The Hall–Kier alpha value is -1.77. The first-order chi connectivity index (χ1) is 11.2. The first-order valence-corrected chi connectivity index (χ1v) is 8.79. The number of unbranched alkanes of at least 4 members (excludes halogenated alkanes) is 1. The molecule has 1 fully saturated rings. The molecule has 3 nitrogen and oxygen atoms in total. The maximum Gasteiger partial charge on any atom is 0.330 e. The van der Waals surface area contributed by atoms with Crippen molar-refractivity contribution in [1.29, 1.82) is 0 Å². The number of hydrogen-bond acceptors (Lipinski definition) is 3. The molecule has 3 heteroatoms. The number of benzene rings is 1. The van der Waals surface area contributed by atoms with E-state index in [4.69, 9.17) is 9.47 Å². The minimum Gasteiger partial charge on any atom is -0.494 e. The van der Waals surface area contributed by atoms with Crippen LogP contribution in [0.3, 0.4) is 0 Å². The molecule has 1 aliphatic rings. The summed E-state index contributed by atoms with van der Waals surface area (Å²) in [4.78, 5) is 11.5. The van der Waals surface area contributed by atoms with Gasteiger partial charge < -0.3 is 9.47 Å². The van der Waals surface area contributed by atoms with Gasteiger partial charge in [-0.15, -0.1) is 0 Å². The van der Waals surface area contributed by atoms with Crippen LogP contribution in [0.2, 0.25) is 0 Å². The van der Waals surface area contributed by atoms with Gasteiger partial charge in [-0.25, -0.2) is 4.79 Å². The Balaban J connectivity index is 1.79. The molecule has 0 spiro atoms. The molecule has 1 saturated carbocycles. The Labute approximate surface area is 139 Å². The number of esters is 1. The normalized spacial score (nSPS) is 21.3. The predicted molar refractivity (Wildman–Crippen MR) is 92.7 cm³/mol. The van der Waals surface area contributed by atoms with Crippen molar-refractivity contribution >= 4 is 5.97 Å². The zero-order valence-corrected chi connectivity index (χ0v) is 14.3. The summed E-state index contributed by atoms with van der Waals surface area (Å²) in [6.07, 6.45) is 9.57. The molecule has 1 aliphatic carbocycles. The minimum absolute atomic E-state index is 0.0756. The first kappa shape index (κ1) is 17.6. The third-order valence-electron chi connectivity index (χ3n) is 4.38. The third-order valence-corrected chi connectivity index (χ3v) is 4.38. The Morgan fingerprint density at radius 3 is 2.48 bits per heavy atom. The third kappa shape index (κ3) is 5.74. The van der Waals surface area contributed by atoms with Crippen LogP contribution in [0.15, 0.2) is 36.4 Å². The minimum atomic E-state index is -0.218. The Bertz CT molecular complexity index is 496. The molecule has 0 aromatic heterocycles. The number of hydrogen-bond donors (Lipinski definition) is 0. The van der Waals surface area contributed by atoms with Crippen LogP contribution in [0, 0.1) is 0 Å². The summed E-state index contributed by atoms with van der Waals surface area (Å²) >= 11 is 0. The van der Waals surface area contributed by atoms with Crippen molar-refractivity contribution in [3.63, 3.8) is 0 Å². The number of rotatable bonds is 7. The Kier molecular flexibility index (Phi) is 7.18. The van der Waals surface area contributed by atoms with Gasteiger partial charge in [-0.05, 0) is 62.6 Å². The second-order valence-electron chi connectivity index (χ2n) is 6.18. The van der Waals surface area contributed by atoms with Gasteiger partial charge in [0.1, 0.15) is 11.9 Å². The van der Waals surface area contributed by atoms with E-state index in [-0.39, 0.29) is 12.1 Å². The monoisotopic (exact) mass is 316 g/mol. The smallest absolute Gasteiger partial charge is 0.330 e. The summed E-state index contributed by atoms with van der Waals surface area (Å²) in [5, 5.41) is 0. The maximum atomic E-state index is 11.5. The molecule has 0 N–H and O–H groups in total. The van der Waals surface area contributed by atoms with Gasteiger partial charge in [-0.3, -0.25) is 0 Å². The van der Waals surface area contributed by atoms with Crippen molar-refractivity contribution < 1.29 is 14.3 Å². The fourth-order valence-electron chi connectivity index (χ4n) is 3.02. The average Bonchev–Trinajstić information content (AvgIpc) is 2.57. The van der Waals surface area contributed by atoms with E-state index in [1.54, 1.807) is 6.08 Å². The molecular weight excluding hydrogens is 288 g/mol. The number of carbonyl (C=O) groups excluding carboxylic acids is 1. The van der Waals surface area contributed by atoms with Gasteiger partial charge in [-0.1, -0.05) is 31.6 Å². The highest BCUT2D eigenvalue weighted by Gasteiger charge is 2.24. The SMILES string of the molecule is C/C=C/C(=O)OC1CCC(c2ccc(OCCCC)cc2)CC1. The number of carbonyl (C=O) groups is 1. The topological polar surface area (TPSA) is 35.5 Å². The molecule has 0 saturated heterocycles. The summed E-state index contributed by atoms with van der Waals surface area (Å²) in [7, 11) is 0. The van der Waals surface area contributed by atoms with E-state index in [1.165, 1.54) is 11.6 Å². The molecule has 2 rings (SSSR count). The zero-order valence-electron chi connectivity index (χ0n) is 14.3. The Morgan fingerprint density at radius 2 is 1.87 bits per heavy atom. The van der Waals surface area contributed by atoms with Gasteiger partial charge in [0.15, 0.2) is 0 Å². The summed E-state index contributed by atoms with van der Waals surface area (Å²) < 4.78 is 11.2.